The molecule has 1 atom stereocenters. The number of nitrogens with zero attached hydrogens (tertiary/aromatic N) is 2. The predicted octanol–water partition coefficient (Wildman–Crippen LogP) is 2.81. The summed E-state index contributed by atoms with van der Waals surface area (Å²) in [6.45, 7) is 6.71. The third kappa shape index (κ3) is 4.82. The summed E-state index contributed by atoms with van der Waals surface area (Å²) in [4.78, 5) is 39.5. The maximum atomic E-state index is 13.1. The molecule has 156 valence electrons. The van der Waals surface area contributed by atoms with E-state index in [-0.39, 0.29) is 24.3 Å². The molecule has 1 aliphatic heterocycles. The van der Waals surface area contributed by atoms with Crippen molar-refractivity contribution in [3.8, 4) is 0 Å². The number of esters is 1. The van der Waals surface area contributed by atoms with Crippen LogP contribution in [-0.2, 0) is 21.3 Å². The van der Waals surface area contributed by atoms with Gasteiger partial charge in [-0.2, -0.15) is 0 Å². The zero-order chi connectivity index (χ0) is 20.8. The molecule has 28 heavy (non-hydrogen) atoms. The number of hydrogen-bond acceptors (Lipinski definition) is 5. The van der Waals surface area contributed by atoms with Gasteiger partial charge in [0.1, 0.15) is 5.69 Å². The monoisotopic (exact) mass is 392 g/mol. The fourth-order valence-electron chi connectivity index (χ4n) is 3.80. The van der Waals surface area contributed by atoms with Crippen LogP contribution in [0.3, 0.4) is 0 Å². The van der Waals surface area contributed by atoms with Gasteiger partial charge < -0.3 is 18.9 Å². The summed E-state index contributed by atoms with van der Waals surface area (Å²) in [5.41, 5.74) is 2.14. The molecule has 1 aromatic rings. The summed E-state index contributed by atoms with van der Waals surface area (Å²) in [6, 6.07) is 0. The molecule has 1 fully saturated rings. The van der Waals surface area contributed by atoms with E-state index in [0.29, 0.717) is 42.1 Å². The molecule has 1 saturated heterocycles. The van der Waals surface area contributed by atoms with Crippen molar-refractivity contribution in [2.45, 2.75) is 59.0 Å². The van der Waals surface area contributed by atoms with Crippen LogP contribution in [0.5, 0.6) is 0 Å². The number of Topliss-reactive ketones (excluding diaryl/α,β-unsaturated/α-hetero) is 1. The maximum absolute atomic E-state index is 13.1. The zero-order valence-electron chi connectivity index (χ0n) is 17.7. The molecule has 2 heterocycles. The van der Waals surface area contributed by atoms with Crippen molar-refractivity contribution in [1.82, 2.24) is 9.47 Å². The lowest BCUT2D eigenvalue weighted by Crippen LogP contribution is -2.40. The Morgan fingerprint density at radius 3 is 2.57 bits per heavy atom. The largest absolute Gasteiger partial charge is 0.464 e. The van der Waals surface area contributed by atoms with Crippen molar-refractivity contribution in [1.29, 1.82) is 0 Å². The molecule has 0 aliphatic carbocycles. The van der Waals surface area contributed by atoms with E-state index in [4.69, 9.17) is 9.47 Å². The topological polar surface area (TPSA) is 77.8 Å². The number of unbranched alkanes of at least 4 members (excludes halogenated alkanes) is 1. The second-order valence-corrected chi connectivity index (χ2v) is 7.42. The molecule has 0 radical (unpaired) electrons. The van der Waals surface area contributed by atoms with Gasteiger partial charge in [-0.15, -0.1) is 0 Å². The highest BCUT2D eigenvalue weighted by Crippen LogP contribution is 2.23. The van der Waals surface area contributed by atoms with Gasteiger partial charge in [-0.3, -0.25) is 9.59 Å². The van der Waals surface area contributed by atoms with Crippen molar-refractivity contribution < 1.29 is 23.9 Å². The van der Waals surface area contributed by atoms with Gasteiger partial charge in [-0.1, -0.05) is 13.3 Å². The minimum absolute atomic E-state index is 0.00524. The number of hydrogen-bond donors (Lipinski definition) is 0. The summed E-state index contributed by atoms with van der Waals surface area (Å²) < 4.78 is 12.2. The number of carbonyl (C=O) groups is 3. The van der Waals surface area contributed by atoms with E-state index >= 15 is 0 Å². The lowest BCUT2D eigenvalue weighted by molar-refractivity contribution is -0.132. The molecule has 1 aliphatic rings. The van der Waals surface area contributed by atoms with Crippen molar-refractivity contribution in [3.63, 3.8) is 0 Å². The predicted molar refractivity (Wildman–Crippen MR) is 106 cm³/mol. The van der Waals surface area contributed by atoms with Crippen molar-refractivity contribution in [3.05, 3.63) is 22.5 Å². The molecule has 0 unspecified atom stereocenters. The Morgan fingerprint density at radius 2 is 2.00 bits per heavy atom. The van der Waals surface area contributed by atoms with Gasteiger partial charge in [-0.05, 0) is 38.7 Å². The summed E-state index contributed by atoms with van der Waals surface area (Å²) >= 11 is 0. The maximum Gasteiger partial charge on any atom is 0.354 e. The Morgan fingerprint density at radius 1 is 1.29 bits per heavy atom. The average Bonchev–Trinajstić information content (AvgIpc) is 3.25. The Balaban J connectivity index is 2.24. The first-order valence-electron chi connectivity index (χ1n) is 9.98. The Hall–Kier alpha value is -2.15. The van der Waals surface area contributed by atoms with Gasteiger partial charge in [0.2, 0.25) is 5.91 Å². The summed E-state index contributed by atoms with van der Waals surface area (Å²) in [5.74, 6) is -0.661. The molecule has 7 heteroatoms. The molecule has 2 rings (SSSR count). The highest BCUT2D eigenvalue weighted by atomic mass is 16.5. The lowest BCUT2D eigenvalue weighted by atomic mass is 10.0. The molecular weight excluding hydrogens is 360 g/mol. The Kier molecular flexibility index (Phi) is 7.80. The average molecular weight is 392 g/mol. The minimum Gasteiger partial charge on any atom is -0.464 e. The molecule has 1 aromatic heterocycles. The molecule has 0 N–H and O–H groups in total. The number of ketones is 1. The number of carbonyl (C=O) groups excluding carboxylic acids is 3. The van der Waals surface area contributed by atoms with Gasteiger partial charge in [0.15, 0.2) is 5.78 Å². The highest BCUT2D eigenvalue weighted by molar-refractivity contribution is 6.04. The van der Waals surface area contributed by atoms with Crippen LogP contribution in [0.1, 0.15) is 71.1 Å². The van der Waals surface area contributed by atoms with E-state index in [1.54, 1.807) is 30.4 Å². The van der Waals surface area contributed by atoms with E-state index in [1.165, 1.54) is 7.11 Å². The molecule has 0 bridgehead atoms. The number of amides is 1. The Labute approximate surface area is 167 Å². The van der Waals surface area contributed by atoms with Crippen LogP contribution in [0.25, 0.3) is 0 Å². The number of aromatic nitrogens is 1. The van der Waals surface area contributed by atoms with E-state index in [2.05, 4.69) is 0 Å². The van der Waals surface area contributed by atoms with Gasteiger partial charge in [0.25, 0.3) is 0 Å². The van der Waals surface area contributed by atoms with Crippen LogP contribution in [0, 0.1) is 13.8 Å². The normalized spacial score (nSPS) is 16.2. The van der Waals surface area contributed by atoms with Crippen LogP contribution in [0.15, 0.2) is 0 Å². The standard InChI is InChI=1S/C21H32N2O5/c1-6-7-10-18(25)23(12-16-9-8-11-28-16)13-17(24)19-14(2)20(21(26)27-5)22(4)15(19)3/h16H,6-13H2,1-5H3/t16-/m0/s1. The second kappa shape index (κ2) is 9.87. The van der Waals surface area contributed by atoms with Crippen molar-refractivity contribution in [2.24, 2.45) is 7.05 Å². The first-order valence-corrected chi connectivity index (χ1v) is 9.98. The van der Waals surface area contributed by atoms with Gasteiger partial charge in [-0.25, -0.2) is 4.79 Å². The third-order valence-corrected chi connectivity index (χ3v) is 5.47. The van der Waals surface area contributed by atoms with Crippen LogP contribution in [0.2, 0.25) is 0 Å². The lowest BCUT2D eigenvalue weighted by Gasteiger charge is -2.25. The van der Waals surface area contributed by atoms with E-state index < -0.39 is 5.97 Å². The van der Waals surface area contributed by atoms with Crippen LogP contribution >= 0.6 is 0 Å². The quantitative estimate of drug-likeness (QED) is 0.477. The summed E-state index contributed by atoms with van der Waals surface area (Å²) in [5, 5.41) is 0. The van der Waals surface area contributed by atoms with E-state index in [1.807, 2.05) is 6.92 Å². The number of ether oxygens (including phenoxy) is 2. The molecule has 1 amide bonds. The Bertz CT molecular complexity index is 732. The van der Waals surface area contributed by atoms with E-state index in [9.17, 15) is 14.4 Å². The van der Waals surface area contributed by atoms with Crippen LogP contribution in [0.4, 0.5) is 0 Å². The smallest absolute Gasteiger partial charge is 0.354 e. The molecule has 0 spiro atoms. The second-order valence-electron chi connectivity index (χ2n) is 7.42. The number of rotatable bonds is 9. The SMILES string of the molecule is CCCCC(=O)N(CC(=O)c1c(C)c(C(=O)OC)n(C)c1C)C[C@@H]1CCCO1. The van der Waals surface area contributed by atoms with Gasteiger partial charge >= 0.3 is 5.97 Å². The van der Waals surface area contributed by atoms with Crippen LogP contribution < -0.4 is 0 Å². The fourth-order valence-corrected chi connectivity index (χ4v) is 3.80. The highest BCUT2D eigenvalue weighted by Gasteiger charge is 2.29. The first kappa shape index (κ1) is 22.1. The zero-order valence-corrected chi connectivity index (χ0v) is 17.7. The molecular formula is C21H32N2O5. The van der Waals surface area contributed by atoms with Gasteiger partial charge in [0.05, 0.1) is 19.8 Å². The van der Waals surface area contributed by atoms with Crippen LogP contribution in [-0.4, -0.2) is 60.0 Å². The van der Waals surface area contributed by atoms with Crippen molar-refractivity contribution >= 4 is 17.7 Å². The minimum atomic E-state index is -0.475. The molecule has 0 saturated carbocycles. The fraction of sp³-hybridized carbons (Fsp3) is 0.667. The third-order valence-electron chi connectivity index (χ3n) is 5.47. The van der Waals surface area contributed by atoms with E-state index in [0.717, 1.165) is 25.7 Å². The summed E-state index contributed by atoms with van der Waals surface area (Å²) in [6.07, 6.45) is 4.02. The summed E-state index contributed by atoms with van der Waals surface area (Å²) in [7, 11) is 3.06. The molecule has 7 nitrogen and oxygen atoms in total. The first-order chi connectivity index (χ1) is 13.3. The van der Waals surface area contributed by atoms with Gasteiger partial charge in [0, 0.05) is 37.9 Å². The molecule has 0 aromatic carbocycles. The number of methoxy groups -OCH3 is 1. The van der Waals surface area contributed by atoms with Crippen molar-refractivity contribution in [2.75, 3.05) is 26.8 Å².